The molecule has 1 atom stereocenters. The first-order valence-electron chi connectivity index (χ1n) is 21.6. The molecule has 0 saturated carbocycles. The van der Waals surface area contributed by atoms with Gasteiger partial charge in [0.05, 0.1) is 6.10 Å². The van der Waals surface area contributed by atoms with Gasteiger partial charge in [-0.05, 0) is 25.7 Å². The number of amides is 1. The number of nitrogens with one attached hydrogen (secondary N) is 1. The summed E-state index contributed by atoms with van der Waals surface area (Å²) in [4.78, 5) is 24.2. The number of Topliss-reactive ketones (excluding diaryl/α,β-unsaturated/α-hetero) is 1. The van der Waals surface area contributed by atoms with E-state index in [1.165, 1.54) is 180 Å². The molecule has 0 bridgehead atoms. The molecule has 1 amide bonds. The van der Waals surface area contributed by atoms with Crippen molar-refractivity contribution in [1.29, 1.82) is 0 Å². The molecule has 4 nitrogen and oxygen atoms in total. The molecule has 0 unspecified atom stereocenters. The van der Waals surface area contributed by atoms with Gasteiger partial charge >= 0.3 is 0 Å². The van der Waals surface area contributed by atoms with Gasteiger partial charge in [-0.2, -0.15) is 0 Å². The SMILES string of the molecule is CCCCCCCCCCCCCCCCCC[C@@H](O)CNC(=O)CCCCCCCCCCC(=O)CCCCCCCCCCC. The van der Waals surface area contributed by atoms with E-state index in [0.29, 0.717) is 18.7 Å². The predicted octanol–water partition coefficient (Wildman–Crippen LogP) is 13.5. The van der Waals surface area contributed by atoms with Crippen LogP contribution in [0.3, 0.4) is 0 Å². The molecule has 0 saturated heterocycles. The van der Waals surface area contributed by atoms with E-state index in [1.807, 2.05) is 0 Å². The summed E-state index contributed by atoms with van der Waals surface area (Å²) >= 11 is 0. The molecule has 0 aromatic carbocycles. The molecule has 0 rings (SSSR count). The molecule has 0 radical (unpaired) electrons. The third kappa shape index (κ3) is 39.4. The van der Waals surface area contributed by atoms with Crippen molar-refractivity contribution in [3.05, 3.63) is 0 Å². The number of aliphatic hydroxyl groups is 1. The highest BCUT2D eigenvalue weighted by Crippen LogP contribution is 2.16. The van der Waals surface area contributed by atoms with Crippen LogP contribution >= 0.6 is 0 Å². The molecule has 0 spiro atoms. The normalized spacial score (nSPS) is 12.1. The van der Waals surface area contributed by atoms with E-state index >= 15 is 0 Å². The number of carbonyl (C=O) groups is 2. The average Bonchev–Trinajstić information content (AvgIpc) is 3.07. The van der Waals surface area contributed by atoms with Gasteiger partial charge in [-0.25, -0.2) is 0 Å². The van der Waals surface area contributed by atoms with Crippen LogP contribution < -0.4 is 5.32 Å². The second-order valence-corrected chi connectivity index (χ2v) is 15.0. The Morgan fingerprint density at radius 2 is 0.681 bits per heavy atom. The monoisotopic (exact) mass is 664 g/mol. The summed E-state index contributed by atoms with van der Waals surface area (Å²) in [5.74, 6) is 0.557. The summed E-state index contributed by atoms with van der Waals surface area (Å²) in [5, 5.41) is 13.2. The van der Waals surface area contributed by atoms with Crippen LogP contribution in [0.4, 0.5) is 0 Å². The molecular weight excluding hydrogens is 578 g/mol. The van der Waals surface area contributed by atoms with Crippen molar-refractivity contribution in [3.8, 4) is 0 Å². The molecule has 0 aliphatic rings. The summed E-state index contributed by atoms with van der Waals surface area (Å²) in [6.45, 7) is 4.95. The second kappa shape index (κ2) is 39.5. The van der Waals surface area contributed by atoms with E-state index in [9.17, 15) is 14.7 Å². The van der Waals surface area contributed by atoms with Crippen molar-refractivity contribution >= 4 is 11.7 Å². The predicted molar refractivity (Wildman–Crippen MR) is 206 cm³/mol. The Hall–Kier alpha value is -0.900. The molecule has 0 fully saturated rings. The molecule has 0 aliphatic carbocycles. The van der Waals surface area contributed by atoms with Crippen LogP contribution in [0.1, 0.15) is 251 Å². The summed E-state index contributed by atoms with van der Waals surface area (Å²) in [6.07, 6.45) is 45.2. The Morgan fingerprint density at radius 3 is 1.02 bits per heavy atom. The fraction of sp³-hybridized carbons (Fsp3) is 0.953. The summed E-state index contributed by atoms with van der Waals surface area (Å²) < 4.78 is 0. The van der Waals surface area contributed by atoms with Crippen LogP contribution in [0.25, 0.3) is 0 Å². The maximum Gasteiger partial charge on any atom is 0.220 e. The molecule has 0 aliphatic heterocycles. The fourth-order valence-corrected chi connectivity index (χ4v) is 6.78. The van der Waals surface area contributed by atoms with E-state index in [4.69, 9.17) is 0 Å². The van der Waals surface area contributed by atoms with Crippen molar-refractivity contribution in [1.82, 2.24) is 5.32 Å². The average molecular weight is 664 g/mol. The Bertz CT molecular complexity index is 637. The van der Waals surface area contributed by atoms with E-state index in [-0.39, 0.29) is 5.91 Å². The van der Waals surface area contributed by atoms with Crippen LogP contribution in [-0.2, 0) is 9.59 Å². The summed E-state index contributed by atoms with van der Waals surface area (Å²) in [7, 11) is 0. The fourth-order valence-electron chi connectivity index (χ4n) is 6.78. The number of rotatable bonds is 40. The lowest BCUT2D eigenvalue weighted by Gasteiger charge is -2.12. The van der Waals surface area contributed by atoms with Gasteiger partial charge in [0.2, 0.25) is 5.91 Å². The molecule has 0 heterocycles. The third-order valence-corrected chi connectivity index (χ3v) is 10.1. The summed E-state index contributed by atoms with van der Waals surface area (Å²) in [5.41, 5.74) is 0. The van der Waals surface area contributed by atoms with E-state index in [1.54, 1.807) is 0 Å². The van der Waals surface area contributed by atoms with Crippen LogP contribution in [0.2, 0.25) is 0 Å². The van der Waals surface area contributed by atoms with Crippen LogP contribution in [0.5, 0.6) is 0 Å². The zero-order valence-corrected chi connectivity index (χ0v) is 32.2. The van der Waals surface area contributed by atoms with Gasteiger partial charge in [-0.15, -0.1) is 0 Å². The molecule has 2 N–H and O–H groups in total. The largest absolute Gasteiger partial charge is 0.391 e. The maximum absolute atomic E-state index is 12.1. The number of carbonyl (C=O) groups excluding carboxylic acids is 2. The van der Waals surface area contributed by atoms with Crippen LogP contribution in [0, 0.1) is 0 Å². The lowest BCUT2D eigenvalue weighted by molar-refractivity contribution is -0.121. The highest BCUT2D eigenvalue weighted by atomic mass is 16.3. The van der Waals surface area contributed by atoms with Gasteiger partial charge in [-0.1, -0.05) is 206 Å². The number of hydrogen-bond donors (Lipinski definition) is 2. The minimum Gasteiger partial charge on any atom is -0.391 e. The molecule has 4 heteroatoms. The Kier molecular flexibility index (Phi) is 38.8. The van der Waals surface area contributed by atoms with Crippen molar-refractivity contribution in [2.45, 2.75) is 258 Å². The van der Waals surface area contributed by atoms with Crippen molar-refractivity contribution in [2.24, 2.45) is 0 Å². The first kappa shape index (κ1) is 46.1. The highest BCUT2D eigenvalue weighted by molar-refractivity contribution is 5.78. The zero-order valence-electron chi connectivity index (χ0n) is 32.2. The Labute approximate surface area is 295 Å². The number of aliphatic hydroxyl groups excluding tert-OH is 1. The topological polar surface area (TPSA) is 66.4 Å². The number of ketones is 1. The molecule has 280 valence electrons. The highest BCUT2D eigenvalue weighted by Gasteiger charge is 2.07. The van der Waals surface area contributed by atoms with Crippen molar-refractivity contribution < 1.29 is 14.7 Å². The number of hydrogen-bond acceptors (Lipinski definition) is 3. The van der Waals surface area contributed by atoms with Gasteiger partial charge in [0.15, 0.2) is 0 Å². The lowest BCUT2D eigenvalue weighted by atomic mass is 10.0. The van der Waals surface area contributed by atoms with Gasteiger partial charge in [-0.3, -0.25) is 9.59 Å². The van der Waals surface area contributed by atoms with Gasteiger partial charge < -0.3 is 10.4 Å². The quantitative estimate of drug-likeness (QED) is 0.0641. The lowest BCUT2D eigenvalue weighted by Crippen LogP contribution is -2.31. The van der Waals surface area contributed by atoms with E-state index in [0.717, 1.165) is 51.4 Å². The zero-order chi connectivity index (χ0) is 34.3. The van der Waals surface area contributed by atoms with Crippen molar-refractivity contribution in [2.75, 3.05) is 6.54 Å². The van der Waals surface area contributed by atoms with Gasteiger partial charge in [0.1, 0.15) is 5.78 Å². The van der Waals surface area contributed by atoms with E-state index in [2.05, 4.69) is 19.2 Å². The summed E-state index contributed by atoms with van der Waals surface area (Å²) in [6, 6.07) is 0. The molecular formula is C43H85NO3. The first-order chi connectivity index (χ1) is 23.1. The Balaban J connectivity index is 3.32. The van der Waals surface area contributed by atoms with Crippen molar-refractivity contribution in [3.63, 3.8) is 0 Å². The van der Waals surface area contributed by atoms with Crippen LogP contribution in [-0.4, -0.2) is 29.4 Å². The molecule has 0 aromatic heterocycles. The molecule has 47 heavy (non-hydrogen) atoms. The number of unbranched alkanes of at least 4 members (excludes halogenated alkanes) is 30. The second-order valence-electron chi connectivity index (χ2n) is 15.0. The maximum atomic E-state index is 12.1. The minimum absolute atomic E-state index is 0.0862. The van der Waals surface area contributed by atoms with Gasteiger partial charge in [0, 0.05) is 25.8 Å². The van der Waals surface area contributed by atoms with E-state index < -0.39 is 6.10 Å². The standard InChI is InChI=1S/C43H85NO3/c1-3-5-7-9-11-13-14-15-16-17-18-19-21-26-30-34-38-42(46)40-44-43(47)39-35-31-27-23-22-25-29-33-37-41(45)36-32-28-24-20-12-10-8-6-4-2/h42,46H,3-40H2,1-2H3,(H,44,47)/t42-/m1/s1. The Morgan fingerprint density at radius 1 is 0.404 bits per heavy atom. The van der Waals surface area contributed by atoms with Gasteiger partial charge in [0.25, 0.3) is 0 Å². The minimum atomic E-state index is -0.407. The first-order valence-corrected chi connectivity index (χ1v) is 21.6. The van der Waals surface area contributed by atoms with Crippen LogP contribution in [0.15, 0.2) is 0 Å². The smallest absolute Gasteiger partial charge is 0.220 e. The molecule has 0 aromatic rings. The third-order valence-electron chi connectivity index (χ3n) is 10.1.